The number of aliphatic carboxylic acids is 1. The minimum atomic E-state index is -1.61. The van der Waals surface area contributed by atoms with E-state index in [1.165, 1.54) is 225 Å². The maximum absolute atomic E-state index is 12.8. The summed E-state index contributed by atoms with van der Waals surface area (Å²) in [5.41, 5.74) is 0. The second kappa shape index (κ2) is 54.0. The Morgan fingerprint density at radius 3 is 1.11 bits per heavy atom. The van der Waals surface area contributed by atoms with Crippen molar-refractivity contribution in [2.45, 2.75) is 309 Å². The predicted octanol–water partition coefficient (Wildman–Crippen LogP) is 16.6. The number of quaternary nitrogens is 1. The monoisotopic (exact) mass is 1000 g/mol. The van der Waals surface area contributed by atoms with Gasteiger partial charge < -0.3 is 33.3 Å². The quantitative estimate of drug-likeness (QED) is 0.0195. The van der Waals surface area contributed by atoms with Crippen LogP contribution in [0, 0.1) is 0 Å². The van der Waals surface area contributed by atoms with Gasteiger partial charge in [-0.2, -0.15) is 0 Å². The highest BCUT2D eigenvalue weighted by Crippen LogP contribution is 2.18. The van der Waals surface area contributed by atoms with Crippen molar-refractivity contribution in [1.82, 2.24) is 0 Å². The van der Waals surface area contributed by atoms with E-state index in [-0.39, 0.29) is 32.2 Å². The van der Waals surface area contributed by atoms with E-state index in [1.807, 2.05) is 21.1 Å². The number of ether oxygens (including phenoxy) is 4. The average molecular weight is 1000 g/mol. The summed E-state index contributed by atoms with van der Waals surface area (Å²) >= 11 is 0. The molecule has 2 unspecified atom stereocenters. The molecule has 0 aromatic heterocycles. The molecule has 9 heteroatoms. The molecule has 0 aromatic rings. The highest BCUT2D eigenvalue weighted by molar-refractivity contribution is 5.70. The van der Waals surface area contributed by atoms with E-state index in [2.05, 4.69) is 38.2 Å². The number of carboxylic acid groups (broad SMARTS) is 1. The highest BCUT2D eigenvalue weighted by atomic mass is 16.7. The zero-order chi connectivity index (χ0) is 52.0. The molecule has 0 bridgehead atoms. The fourth-order valence-electron chi connectivity index (χ4n) is 8.98. The molecule has 2 atom stereocenters. The number of hydrogen-bond acceptors (Lipinski definition) is 8. The van der Waals surface area contributed by atoms with Crippen LogP contribution in [0.25, 0.3) is 0 Å². The smallest absolute Gasteiger partial charge is 0.306 e. The SMILES string of the molecule is CCCCCCC/C=C\C/C=C\CCCCCCCCCCCCCCCCCCCCCCCCCCCCCC(=O)OC(COC(=O)CCCCCCCCC)COC(OCC[N+](C)(C)C)C(=O)[O-]. The molecule has 0 aromatic carbocycles. The van der Waals surface area contributed by atoms with Crippen LogP contribution in [0.15, 0.2) is 24.3 Å². The van der Waals surface area contributed by atoms with Gasteiger partial charge in [0.2, 0.25) is 0 Å². The van der Waals surface area contributed by atoms with Crippen LogP contribution in [0.1, 0.15) is 296 Å². The van der Waals surface area contributed by atoms with Gasteiger partial charge in [-0.25, -0.2) is 0 Å². The lowest BCUT2D eigenvalue weighted by atomic mass is 10.0. The number of likely N-dealkylation sites (N-methyl/N-ethyl adjacent to an activating group) is 1. The van der Waals surface area contributed by atoms with Gasteiger partial charge in [-0.3, -0.25) is 9.59 Å². The first kappa shape index (κ1) is 68.8. The van der Waals surface area contributed by atoms with Gasteiger partial charge in [0, 0.05) is 12.8 Å². The molecule has 0 rings (SSSR count). The Morgan fingerprint density at radius 2 is 0.761 bits per heavy atom. The summed E-state index contributed by atoms with van der Waals surface area (Å²) in [5.74, 6) is -2.27. The van der Waals surface area contributed by atoms with Crippen LogP contribution in [-0.4, -0.2) is 82.3 Å². The number of allylic oxidation sites excluding steroid dienone is 4. The first-order chi connectivity index (χ1) is 34.6. The number of rotatable bonds is 57. The molecule has 0 heterocycles. The molecule has 0 saturated carbocycles. The molecule has 0 aliphatic heterocycles. The minimum Gasteiger partial charge on any atom is -0.545 e. The molecule has 0 radical (unpaired) electrons. The van der Waals surface area contributed by atoms with Crippen molar-refractivity contribution < 1.29 is 42.9 Å². The van der Waals surface area contributed by atoms with Gasteiger partial charge in [0.15, 0.2) is 12.4 Å². The lowest BCUT2D eigenvalue weighted by Crippen LogP contribution is -2.44. The Morgan fingerprint density at radius 1 is 0.423 bits per heavy atom. The van der Waals surface area contributed by atoms with E-state index in [1.54, 1.807) is 0 Å². The van der Waals surface area contributed by atoms with Gasteiger partial charge in [0.1, 0.15) is 13.2 Å². The predicted molar refractivity (Wildman–Crippen MR) is 297 cm³/mol. The summed E-state index contributed by atoms with van der Waals surface area (Å²) in [5, 5.41) is 11.7. The maximum atomic E-state index is 12.8. The van der Waals surface area contributed by atoms with Crippen molar-refractivity contribution in [3.8, 4) is 0 Å². The molecule has 0 amide bonds. The maximum Gasteiger partial charge on any atom is 0.306 e. The highest BCUT2D eigenvalue weighted by Gasteiger charge is 2.22. The normalized spacial score (nSPS) is 12.9. The van der Waals surface area contributed by atoms with Gasteiger partial charge in [0.25, 0.3) is 0 Å². The third-order valence-electron chi connectivity index (χ3n) is 13.7. The second-order valence-corrected chi connectivity index (χ2v) is 22.0. The lowest BCUT2D eigenvalue weighted by molar-refractivity contribution is -0.870. The zero-order valence-electron chi connectivity index (χ0n) is 47.6. The van der Waals surface area contributed by atoms with Crippen molar-refractivity contribution in [3.05, 3.63) is 24.3 Å². The van der Waals surface area contributed by atoms with Crippen LogP contribution in [0.2, 0.25) is 0 Å². The minimum absolute atomic E-state index is 0.151. The van der Waals surface area contributed by atoms with Gasteiger partial charge in [-0.1, -0.05) is 263 Å². The topological polar surface area (TPSA) is 111 Å². The number of nitrogens with zero attached hydrogens (tertiary/aromatic N) is 1. The molecule has 0 aliphatic carbocycles. The van der Waals surface area contributed by atoms with Crippen molar-refractivity contribution >= 4 is 17.9 Å². The van der Waals surface area contributed by atoms with E-state index in [0.29, 0.717) is 17.4 Å². The van der Waals surface area contributed by atoms with Crippen molar-refractivity contribution in [2.75, 3.05) is 47.5 Å². The number of carbonyl (C=O) groups is 3. The molecule has 0 N–H and O–H groups in total. The summed E-state index contributed by atoms with van der Waals surface area (Å²) in [6.45, 7) is 4.72. The summed E-state index contributed by atoms with van der Waals surface area (Å²) in [6.07, 6.45) is 61.6. The Hall–Kier alpha value is -2.23. The lowest BCUT2D eigenvalue weighted by Gasteiger charge is -2.26. The third kappa shape index (κ3) is 55.4. The van der Waals surface area contributed by atoms with E-state index in [0.717, 1.165) is 44.9 Å². The van der Waals surface area contributed by atoms with Crippen molar-refractivity contribution in [2.24, 2.45) is 0 Å². The number of hydrogen-bond donors (Lipinski definition) is 0. The first-order valence-electron chi connectivity index (χ1n) is 30.5. The number of carboxylic acids is 1. The molecule has 9 nitrogen and oxygen atoms in total. The number of unbranched alkanes of at least 4 members (excludes halogenated alkanes) is 38. The fourth-order valence-corrected chi connectivity index (χ4v) is 8.98. The molecule has 0 spiro atoms. The molecule has 0 saturated heterocycles. The third-order valence-corrected chi connectivity index (χ3v) is 13.7. The van der Waals surface area contributed by atoms with Gasteiger partial charge in [-0.05, 0) is 44.9 Å². The van der Waals surface area contributed by atoms with Crippen LogP contribution in [0.4, 0.5) is 0 Å². The zero-order valence-corrected chi connectivity index (χ0v) is 47.6. The number of carbonyl (C=O) groups excluding carboxylic acids is 3. The van der Waals surface area contributed by atoms with Gasteiger partial charge in [0.05, 0.1) is 40.3 Å². The molecular formula is C62H117NO8. The van der Waals surface area contributed by atoms with Gasteiger partial charge >= 0.3 is 11.9 Å². The van der Waals surface area contributed by atoms with E-state index >= 15 is 0 Å². The van der Waals surface area contributed by atoms with Crippen molar-refractivity contribution in [3.63, 3.8) is 0 Å². The average Bonchev–Trinajstić information content (AvgIpc) is 3.34. The van der Waals surface area contributed by atoms with E-state index in [9.17, 15) is 19.5 Å². The summed E-state index contributed by atoms with van der Waals surface area (Å²) < 4.78 is 22.6. The fraction of sp³-hybridized carbons (Fsp3) is 0.887. The summed E-state index contributed by atoms with van der Waals surface area (Å²) in [4.78, 5) is 36.9. The van der Waals surface area contributed by atoms with Gasteiger partial charge in [-0.15, -0.1) is 0 Å². The van der Waals surface area contributed by atoms with Crippen molar-refractivity contribution in [1.29, 1.82) is 0 Å². The molecule has 71 heavy (non-hydrogen) atoms. The van der Waals surface area contributed by atoms with Crippen LogP contribution in [0.3, 0.4) is 0 Å². The molecular weight excluding hydrogens is 887 g/mol. The van der Waals surface area contributed by atoms with Crippen LogP contribution < -0.4 is 5.11 Å². The molecule has 0 fully saturated rings. The van der Waals surface area contributed by atoms with E-state index in [4.69, 9.17) is 18.9 Å². The standard InChI is InChI=1S/C62H117NO8/c1-6-8-10-12-14-15-16-17-18-19-20-21-22-23-24-25-26-27-28-29-30-31-32-33-34-35-36-37-38-39-40-41-42-43-44-45-47-49-51-53-60(65)71-58(56-69-59(64)52-50-48-46-13-11-9-7-2)57-70-62(61(66)67)68-55-54-63(3,4)5/h16-17,19-20,58,62H,6-15,18,21-57H2,1-5H3/b17-16-,20-19-. The summed E-state index contributed by atoms with van der Waals surface area (Å²) in [7, 11) is 5.92. The Bertz CT molecular complexity index is 1210. The van der Waals surface area contributed by atoms with E-state index < -0.39 is 24.3 Å². The molecule has 418 valence electrons. The Balaban J connectivity index is 3.80. The summed E-state index contributed by atoms with van der Waals surface area (Å²) in [6, 6.07) is 0. The largest absolute Gasteiger partial charge is 0.545 e. The van der Waals surface area contributed by atoms with Crippen LogP contribution in [0.5, 0.6) is 0 Å². The number of esters is 2. The van der Waals surface area contributed by atoms with Crippen LogP contribution >= 0.6 is 0 Å². The first-order valence-corrected chi connectivity index (χ1v) is 30.5. The second-order valence-electron chi connectivity index (χ2n) is 22.0. The van der Waals surface area contributed by atoms with Crippen LogP contribution in [-0.2, 0) is 33.3 Å². The Kier molecular flexibility index (Phi) is 52.3. The molecule has 0 aliphatic rings. The Labute approximate surface area is 439 Å².